The summed E-state index contributed by atoms with van der Waals surface area (Å²) in [5, 5.41) is 0.474. The van der Waals surface area contributed by atoms with Crippen LogP contribution in [0.2, 0.25) is 5.02 Å². The standard InChI is InChI=1S/C15H15ClN2O2/c1-20-15(19)12-11-6-2-3-8-18(11)14(13(12)16)10-5-4-7-17-9-10/h4-5,7,9H,2-3,6,8H2,1H3. The quantitative estimate of drug-likeness (QED) is 0.797. The number of rotatable bonds is 2. The van der Waals surface area contributed by atoms with Gasteiger partial charge in [0.05, 0.1) is 23.4 Å². The van der Waals surface area contributed by atoms with Gasteiger partial charge in [-0.25, -0.2) is 4.79 Å². The van der Waals surface area contributed by atoms with Gasteiger partial charge >= 0.3 is 5.97 Å². The molecule has 5 heteroatoms. The molecule has 3 rings (SSSR count). The van der Waals surface area contributed by atoms with Crippen molar-refractivity contribution in [1.29, 1.82) is 0 Å². The summed E-state index contributed by atoms with van der Waals surface area (Å²) in [6, 6.07) is 3.82. The highest BCUT2D eigenvalue weighted by Gasteiger charge is 2.28. The molecular weight excluding hydrogens is 276 g/mol. The van der Waals surface area contributed by atoms with E-state index in [-0.39, 0.29) is 5.97 Å². The molecule has 0 spiro atoms. The van der Waals surface area contributed by atoms with E-state index in [1.54, 1.807) is 12.4 Å². The molecule has 0 N–H and O–H groups in total. The van der Waals surface area contributed by atoms with Crippen LogP contribution in [0.1, 0.15) is 28.9 Å². The fraction of sp³-hybridized carbons (Fsp3) is 0.333. The van der Waals surface area contributed by atoms with Gasteiger partial charge in [0.15, 0.2) is 0 Å². The average molecular weight is 291 g/mol. The number of hydrogen-bond donors (Lipinski definition) is 0. The van der Waals surface area contributed by atoms with Gasteiger partial charge in [0.25, 0.3) is 0 Å². The van der Waals surface area contributed by atoms with Crippen molar-refractivity contribution in [3.63, 3.8) is 0 Å². The molecule has 2 aromatic rings. The molecule has 4 nitrogen and oxygen atoms in total. The molecule has 0 bridgehead atoms. The van der Waals surface area contributed by atoms with E-state index in [1.807, 2.05) is 12.1 Å². The van der Waals surface area contributed by atoms with Gasteiger partial charge in [-0.3, -0.25) is 4.98 Å². The Bertz CT molecular complexity index is 650. The molecular formula is C15H15ClN2O2. The molecule has 1 aliphatic rings. The maximum absolute atomic E-state index is 12.0. The van der Waals surface area contributed by atoms with Gasteiger partial charge in [-0.2, -0.15) is 0 Å². The number of carbonyl (C=O) groups excluding carboxylic acids is 1. The third-order valence-electron chi connectivity index (χ3n) is 3.68. The van der Waals surface area contributed by atoms with Crippen LogP contribution in [-0.2, 0) is 17.7 Å². The van der Waals surface area contributed by atoms with Crippen molar-refractivity contribution in [2.45, 2.75) is 25.8 Å². The Morgan fingerprint density at radius 3 is 3.00 bits per heavy atom. The lowest BCUT2D eigenvalue weighted by molar-refractivity contribution is 0.0599. The summed E-state index contributed by atoms with van der Waals surface area (Å²) < 4.78 is 7.01. The number of carbonyl (C=O) groups is 1. The molecule has 3 heterocycles. The molecule has 0 saturated heterocycles. The molecule has 0 atom stereocenters. The zero-order valence-corrected chi connectivity index (χ0v) is 12.0. The monoisotopic (exact) mass is 290 g/mol. The maximum atomic E-state index is 12.0. The minimum absolute atomic E-state index is 0.365. The van der Waals surface area contributed by atoms with Crippen molar-refractivity contribution in [2.75, 3.05) is 7.11 Å². The van der Waals surface area contributed by atoms with E-state index in [9.17, 15) is 4.79 Å². The number of aromatic nitrogens is 2. The number of methoxy groups -OCH3 is 1. The highest BCUT2D eigenvalue weighted by molar-refractivity contribution is 6.36. The highest BCUT2D eigenvalue weighted by Crippen LogP contribution is 2.38. The molecule has 0 saturated carbocycles. The normalized spacial score (nSPS) is 13.9. The Labute approximate surface area is 122 Å². The van der Waals surface area contributed by atoms with Gasteiger partial charge in [-0.05, 0) is 31.4 Å². The van der Waals surface area contributed by atoms with Crippen molar-refractivity contribution in [3.05, 3.63) is 40.8 Å². The van der Waals surface area contributed by atoms with Gasteiger partial charge < -0.3 is 9.30 Å². The second-order valence-corrected chi connectivity index (χ2v) is 5.20. The summed E-state index contributed by atoms with van der Waals surface area (Å²) >= 11 is 6.48. The first kappa shape index (κ1) is 13.2. The first-order chi connectivity index (χ1) is 9.74. The second-order valence-electron chi connectivity index (χ2n) is 4.83. The van der Waals surface area contributed by atoms with Gasteiger partial charge in [0.1, 0.15) is 0 Å². The molecule has 0 unspecified atom stereocenters. The topological polar surface area (TPSA) is 44.1 Å². The zero-order chi connectivity index (χ0) is 14.1. The fourth-order valence-corrected chi connectivity index (χ4v) is 3.19. The molecule has 0 aromatic carbocycles. The van der Waals surface area contributed by atoms with E-state index in [0.29, 0.717) is 10.6 Å². The largest absolute Gasteiger partial charge is 0.465 e. The summed E-state index contributed by atoms with van der Waals surface area (Å²) in [5.74, 6) is -0.365. The number of pyridine rings is 1. The van der Waals surface area contributed by atoms with Gasteiger partial charge in [0.2, 0.25) is 0 Å². The van der Waals surface area contributed by atoms with Crippen LogP contribution in [0.15, 0.2) is 24.5 Å². The third-order valence-corrected chi connectivity index (χ3v) is 4.05. The highest BCUT2D eigenvalue weighted by atomic mass is 35.5. The number of nitrogens with zero attached hydrogens (tertiary/aromatic N) is 2. The molecule has 0 aliphatic carbocycles. The summed E-state index contributed by atoms with van der Waals surface area (Å²) in [6.07, 6.45) is 6.50. The second kappa shape index (κ2) is 5.29. The zero-order valence-electron chi connectivity index (χ0n) is 11.2. The maximum Gasteiger partial charge on any atom is 0.341 e. The van der Waals surface area contributed by atoms with E-state index in [2.05, 4.69) is 9.55 Å². The Hall–Kier alpha value is -1.81. The van der Waals surface area contributed by atoms with E-state index >= 15 is 0 Å². The van der Waals surface area contributed by atoms with Crippen LogP contribution in [-0.4, -0.2) is 22.6 Å². The Morgan fingerprint density at radius 1 is 1.45 bits per heavy atom. The molecule has 20 heavy (non-hydrogen) atoms. The minimum Gasteiger partial charge on any atom is -0.465 e. The Balaban J connectivity index is 2.25. The molecule has 0 radical (unpaired) electrons. The van der Waals surface area contributed by atoms with Gasteiger partial charge in [-0.15, -0.1) is 0 Å². The lowest BCUT2D eigenvalue weighted by atomic mass is 10.1. The fourth-order valence-electron chi connectivity index (χ4n) is 2.80. The summed E-state index contributed by atoms with van der Waals surface area (Å²) in [7, 11) is 1.38. The van der Waals surface area contributed by atoms with Crippen molar-refractivity contribution in [1.82, 2.24) is 9.55 Å². The first-order valence-corrected chi connectivity index (χ1v) is 7.01. The van der Waals surface area contributed by atoms with Crippen LogP contribution in [0.5, 0.6) is 0 Å². The first-order valence-electron chi connectivity index (χ1n) is 6.63. The molecule has 1 aliphatic heterocycles. The van der Waals surface area contributed by atoms with Crippen LogP contribution in [0, 0.1) is 0 Å². The molecule has 0 amide bonds. The van der Waals surface area contributed by atoms with Crippen LogP contribution >= 0.6 is 11.6 Å². The number of hydrogen-bond acceptors (Lipinski definition) is 3. The van der Waals surface area contributed by atoms with E-state index in [4.69, 9.17) is 16.3 Å². The van der Waals surface area contributed by atoms with Gasteiger partial charge in [-0.1, -0.05) is 11.6 Å². The molecule has 104 valence electrons. The smallest absolute Gasteiger partial charge is 0.341 e. The molecule has 2 aromatic heterocycles. The van der Waals surface area contributed by atoms with Crippen LogP contribution < -0.4 is 0 Å². The number of halogens is 1. The van der Waals surface area contributed by atoms with Crippen molar-refractivity contribution in [2.24, 2.45) is 0 Å². The van der Waals surface area contributed by atoms with Crippen molar-refractivity contribution in [3.8, 4) is 11.3 Å². The number of fused-ring (bicyclic) bond motifs is 1. The van der Waals surface area contributed by atoms with E-state index < -0.39 is 0 Å². The summed E-state index contributed by atoms with van der Waals surface area (Å²) in [4.78, 5) is 16.2. The van der Waals surface area contributed by atoms with Crippen LogP contribution in [0.4, 0.5) is 0 Å². The van der Waals surface area contributed by atoms with E-state index in [1.165, 1.54) is 7.11 Å². The van der Waals surface area contributed by atoms with Crippen molar-refractivity contribution >= 4 is 17.6 Å². The number of esters is 1. The average Bonchev–Trinajstić information content (AvgIpc) is 2.79. The number of ether oxygens (including phenoxy) is 1. The molecule has 0 fully saturated rings. The summed E-state index contributed by atoms with van der Waals surface area (Å²) in [5.41, 5.74) is 3.28. The van der Waals surface area contributed by atoms with Crippen molar-refractivity contribution < 1.29 is 9.53 Å². The third kappa shape index (κ3) is 2.00. The predicted molar refractivity (Wildman–Crippen MR) is 77.0 cm³/mol. The lowest BCUT2D eigenvalue weighted by Crippen LogP contribution is -2.14. The lowest BCUT2D eigenvalue weighted by Gasteiger charge is -2.18. The summed E-state index contributed by atoms with van der Waals surface area (Å²) in [6.45, 7) is 0.871. The van der Waals surface area contributed by atoms with Crippen LogP contribution in [0.25, 0.3) is 11.3 Å². The minimum atomic E-state index is -0.365. The SMILES string of the molecule is COC(=O)c1c(Cl)c(-c2cccnc2)n2c1CCCC2. The predicted octanol–water partition coefficient (Wildman–Crippen LogP) is 3.33. The van der Waals surface area contributed by atoms with Gasteiger partial charge in [0, 0.05) is 30.2 Å². The Kier molecular flexibility index (Phi) is 3.49. The Morgan fingerprint density at radius 2 is 2.30 bits per heavy atom. The van der Waals surface area contributed by atoms with Crippen LogP contribution in [0.3, 0.4) is 0 Å². The van der Waals surface area contributed by atoms with E-state index in [0.717, 1.165) is 42.8 Å².